The summed E-state index contributed by atoms with van der Waals surface area (Å²) >= 11 is 0. The molecule has 1 aromatic rings. The van der Waals surface area contributed by atoms with Crippen molar-refractivity contribution in [3.8, 4) is 5.75 Å². The minimum atomic E-state index is -0.0741. The Balaban J connectivity index is 3.21. The van der Waals surface area contributed by atoms with Crippen LogP contribution in [0.2, 0.25) is 0 Å². The van der Waals surface area contributed by atoms with Crippen LogP contribution < -0.4 is 15.4 Å². The lowest BCUT2D eigenvalue weighted by atomic mass is 10.0. The molecule has 0 radical (unpaired) electrons. The number of hydrogen-bond donors (Lipinski definition) is 1. The van der Waals surface area contributed by atoms with Crippen molar-refractivity contribution in [3.63, 3.8) is 0 Å². The molecule has 4 nitrogen and oxygen atoms in total. The minimum Gasteiger partial charge on any atom is -0.496 e. The molecule has 1 rings (SSSR count). The molecular formula is C15H26N2O2. The van der Waals surface area contributed by atoms with Crippen molar-refractivity contribution in [2.45, 2.75) is 32.9 Å². The van der Waals surface area contributed by atoms with E-state index in [-0.39, 0.29) is 6.04 Å². The molecule has 0 saturated carbocycles. The first kappa shape index (κ1) is 15.8. The third kappa shape index (κ3) is 3.85. The van der Waals surface area contributed by atoms with Gasteiger partial charge in [0.1, 0.15) is 5.75 Å². The van der Waals surface area contributed by atoms with E-state index in [1.54, 1.807) is 14.2 Å². The molecule has 1 aromatic carbocycles. The first-order valence-electron chi connectivity index (χ1n) is 6.71. The fourth-order valence-corrected chi connectivity index (χ4v) is 2.27. The summed E-state index contributed by atoms with van der Waals surface area (Å²) in [4.78, 5) is 2.30. The second-order valence-electron chi connectivity index (χ2n) is 4.96. The molecule has 0 fully saturated rings. The monoisotopic (exact) mass is 266 g/mol. The first-order valence-corrected chi connectivity index (χ1v) is 6.71. The van der Waals surface area contributed by atoms with Crippen molar-refractivity contribution >= 4 is 5.69 Å². The van der Waals surface area contributed by atoms with Crippen molar-refractivity contribution in [2.24, 2.45) is 5.73 Å². The Bertz CT molecular complexity index is 392. The van der Waals surface area contributed by atoms with Gasteiger partial charge in [-0.25, -0.2) is 0 Å². The Morgan fingerprint density at radius 3 is 2.37 bits per heavy atom. The molecule has 0 heterocycles. The van der Waals surface area contributed by atoms with Crippen LogP contribution in [-0.2, 0) is 4.74 Å². The maximum atomic E-state index is 6.12. The van der Waals surface area contributed by atoms with Gasteiger partial charge in [-0.2, -0.15) is 0 Å². The van der Waals surface area contributed by atoms with Gasteiger partial charge in [0.05, 0.1) is 13.7 Å². The minimum absolute atomic E-state index is 0.0741. The summed E-state index contributed by atoms with van der Waals surface area (Å²) in [6, 6.07) is 6.35. The van der Waals surface area contributed by atoms with Crippen molar-refractivity contribution in [2.75, 3.05) is 32.3 Å². The fourth-order valence-electron chi connectivity index (χ4n) is 2.27. The van der Waals surface area contributed by atoms with E-state index in [1.807, 2.05) is 19.1 Å². The van der Waals surface area contributed by atoms with Crippen molar-refractivity contribution < 1.29 is 9.47 Å². The molecule has 2 N–H and O–H groups in total. The normalized spacial score (nSPS) is 12.6. The SMILES string of the molecule is COCCN(c1cccc(OC)c1C(C)N)C(C)C. The standard InChI is InChI=1S/C15H26N2O2/c1-11(2)17(9-10-18-4)13-7-6-8-14(19-5)15(13)12(3)16/h6-8,11-12H,9-10,16H2,1-5H3. The van der Waals surface area contributed by atoms with Crippen LogP contribution in [0.5, 0.6) is 5.75 Å². The first-order chi connectivity index (χ1) is 9.02. The number of anilines is 1. The van der Waals surface area contributed by atoms with Crippen LogP contribution in [0.4, 0.5) is 5.69 Å². The van der Waals surface area contributed by atoms with Crippen LogP contribution in [0.3, 0.4) is 0 Å². The van der Waals surface area contributed by atoms with Gasteiger partial charge in [-0.1, -0.05) is 6.07 Å². The van der Waals surface area contributed by atoms with Crippen LogP contribution in [-0.4, -0.2) is 33.4 Å². The van der Waals surface area contributed by atoms with Crippen LogP contribution in [0, 0.1) is 0 Å². The highest BCUT2D eigenvalue weighted by atomic mass is 16.5. The van der Waals surface area contributed by atoms with E-state index in [1.165, 1.54) is 0 Å². The zero-order valence-electron chi connectivity index (χ0n) is 12.6. The molecule has 4 heteroatoms. The zero-order chi connectivity index (χ0) is 14.4. The summed E-state index contributed by atoms with van der Waals surface area (Å²) in [5.41, 5.74) is 8.30. The summed E-state index contributed by atoms with van der Waals surface area (Å²) in [6.45, 7) is 7.84. The topological polar surface area (TPSA) is 47.7 Å². The molecule has 0 aliphatic rings. The molecule has 0 bridgehead atoms. The zero-order valence-corrected chi connectivity index (χ0v) is 12.6. The van der Waals surface area contributed by atoms with Gasteiger partial charge in [-0.05, 0) is 32.9 Å². The van der Waals surface area contributed by atoms with Gasteiger partial charge in [0.25, 0.3) is 0 Å². The van der Waals surface area contributed by atoms with Gasteiger partial charge in [-0.15, -0.1) is 0 Å². The maximum Gasteiger partial charge on any atom is 0.125 e. The van der Waals surface area contributed by atoms with E-state index in [0.29, 0.717) is 12.6 Å². The summed E-state index contributed by atoms with van der Waals surface area (Å²) in [6.07, 6.45) is 0. The number of nitrogens with zero attached hydrogens (tertiary/aromatic N) is 1. The quantitative estimate of drug-likeness (QED) is 0.824. The summed E-state index contributed by atoms with van der Waals surface area (Å²) in [5, 5.41) is 0. The summed E-state index contributed by atoms with van der Waals surface area (Å²) in [7, 11) is 3.40. The molecule has 108 valence electrons. The molecule has 0 aromatic heterocycles. The Kier molecular flexibility index (Phi) is 6.12. The Labute approximate surface area is 116 Å². The average molecular weight is 266 g/mol. The van der Waals surface area contributed by atoms with Crippen molar-refractivity contribution in [3.05, 3.63) is 23.8 Å². The second kappa shape index (κ2) is 7.36. The van der Waals surface area contributed by atoms with Gasteiger partial charge in [0.2, 0.25) is 0 Å². The number of hydrogen-bond acceptors (Lipinski definition) is 4. The third-order valence-electron chi connectivity index (χ3n) is 3.19. The average Bonchev–Trinajstić information content (AvgIpc) is 2.38. The van der Waals surface area contributed by atoms with E-state index in [0.717, 1.165) is 23.5 Å². The van der Waals surface area contributed by atoms with E-state index < -0.39 is 0 Å². The molecule has 0 aliphatic heterocycles. The van der Waals surface area contributed by atoms with Gasteiger partial charge in [0.15, 0.2) is 0 Å². The van der Waals surface area contributed by atoms with Crippen molar-refractivity contribution in [1.29, 1.82) is 0 Å². The molecule has 19 heavy (non-hydrogen) atoms. The molecule has 0 aliphatic carbocycles. The smallest absolute Gasteiger partial charge is 0.125 e. The van der Waals surface area contributed by atoms with Gasteiger partial charge in [0, 0.05) is 37.0 Å². The van der Waals surface area contributed by atoms with Crippen LogP contribution in [0.15, 0.2) is 18.2 Å². The molecular weight excluding hydrogens is 240 g/mol. The lowest BCUT2D eigenvalue weighted by Gasteiger charge is -2.32. The highest BCUT2D eigenvalue weighted by molar-refractivity contribution is 5.61. The van der Waals surface area contributed by atoms with Gasteiger partial charge in [-0.3, -0.25) is 0 Å². The van der Waals surface area contributed by atoms with E-state index in [9.17, 15) is 0 Å². The Morgan fingerprint density at radius 1 is 1.21 bits per heavy atom. The Hall–Kier alpha value is -1.26. The summed E-state index contributed by atoms with van der Waals surface area (Å²) in [5.74, 6) is 0.843. The molecule has 0 saturated heterocycles. The third-order valence-corrected chi connectivity index (χ3v) is 3.19. The number of methoxy groups -OCH3 is 2. The predicted octanol–water partition coefficient (Wildman–Crippen LogP) is 2.58. The fraction of sp³-hybridized carbons (Fsp3) is 0.600. The highest BCUT2D eigenvalue weighted by Gasteiger charge is 2.19. The predicted molar refractivity (Wildman–Crippen MR) is 80.0 cm³/mol. The van der Waals surface area contributed by atoms with E-state index in [4.69, 9.17) is 15.2 Å². The van der Waals surface area contributed by atoms with Gasteiger partial charge < -0.3 is 20.1 Å². The second-order valence-corrected chi connectivity index (χ2v) is 4.96. The lowest BCUT2D eigenvalue weighted by molar-refractivity contribution is 0.203. The molecule has 0 spiro atoms. The van der Waals surface area contributed by atoms with Crippen LogP contribution in [0.1, 0.15) is 32.4 Å². The number of nitrogens with two attached hydrogens (primary N) is 1. The number of rotatable bonds is 7. The highest BCUT2D eigenvalue weighted by Crippen LogP contribution is 2.34. The molecule has 1 unspecified atom stereocenters. The molecule has 0 amide bonds. The number of ether oxygens (including phenoxy) is 2. The van der Waals surface area contributed by atoms with Crippen LogP contribution >= 0.6 is 0 Å². The lowest BCUT2D eigenvalue weighted by Crippen LogP contribution is -2.35. The van der Waals surface area contributed by atoms with Gasteiger partial charge >= 0.3 is 0 Å². The van der Waals surface area contributed by atoms with E-state index in [2.05, 4.69) is 24.8 Å². The van der Waals surface area contributed by atoms with Crippen LogP contribution in [0.25, 0.3) is 0 Å². The van der Waals surface area contributed by atoms with E-state index >= 15 is 0 Å². The van der Waals surface area contributed by atoms with Crippen molar-refractivity contribution in [1.82, 2.24) is 0 Å². The summed E-state index contributed by atoms with van der Waals surface area (Å²) < 4.78 is 10.6. The molecule has 1 atom stereocenters. The maximum absolute atomic E-state index is 6.12. The largest absolute Gasteiger partial charge is 0.496 e. The Morgan fingerprint density at radius 2 is 1.89 bits per heavy atom. The number of benzene rings is 1.